The highest BCUT2D eigenvalue weighted by Crippen LogP contribution is 2.27. The van der Waals surface area contributed by atoms with Crippen molar-refractivity contribution in [2.24, 2.45) is 0 Å². The van der Waals surface area contributed by atoms with E-state index in [9.17, 15) is 10.2 Å². The molecule has 0 aliphatic heterocycles. The molecule has 0 aliphatic carbocycles. The van der Waals surface area contributed by atoms with Gasteiger partial charge in [-0.1, -0.05) is 0 Å². The van der Waals surface area contributed by atoms with Gasteiger partial charge in [0.1, 0.15) is 11.5 Å². The SMILES string of the molecule is COc1ccc(O)c(CNc2nc(NCC(C)(C)O)nc3c2ncn3C(C)C)c1. The number of benzene rings is 1. The van der Waals surface area contributed by atoms with Gasteiger partial charge in [-0.05, 0) is 45.9 Å². The zero-order valence-electron chi connectivity index (χ0n) is 17.4. The predicted octanol–water partition coefficient (Wildman–Crippen LogP) is 2.92. The molecule has 3 aromatic rings. The van der Waals surface area contributed by atoms with Gasteiger partial charge in [0.25, 0.3) is 0 Å². The zero-order valence-corrected chi connectivity index (χ0v) is 17.4. The molecule has 9 nitrogen and oxygen atoms in total. The number of ether oxygens (including phenoxy) is 1. The Balaban J connectivity index is 1.95. The average molecular weight is 400 g/mol. The topological polar surface area (TPSA) is 117 Å². The molecule has 0 saturated carbocycles. The van der Waals surface area contributed by atoms with Gasteiger partial charge in [0.2, 0.25) is 5.95 Å². The van der Waals surface area contributed by atoms with Gasteiger partial charge >= 0.3 is 0 Å². The minimum absolute atomic E-state index is 0.164. The van der Waals surface area contributed by atoms with E-state index >= 15 is 0 Å². The number of imidazole rings is 1. The summed E-state index contributed by atoms with van der Waals surface area (Å²) in [4.78, 5) is 13.6. The van der Waals surface area contributed by atoms with Crippen molar-refractivity contribution in [2.75, 3.05) is 24.3 Å². The fraction of sp³-hybridized carbons (Fsp3) is 0.450. The lowest BCUT2D eigenvalue weighted by Gasteiger charge is -2.18. The summed E-state index contributed by atoms with van der Waals surface area (Å²) in [7, 11) is 1.58. The lowest BCUT2D eigenvalue weighted by molar-refractivity contribution is 0.0943. The Labute approximate surface area is 169 Å². The molecule has 1 aromatic carbocycles. The highest BCUT2D eigenvalue weighted by Gasteiger charge is 2.17. The molecule has 2 aromatic heterocycles. The first-order valence-corrected chi connectivity index (χ1v) is 9.48. The van der Waals surface area contributed by atoms with Crippen LogP contribution in [-0.2, 0) is 6.54 Å². The zero-order chi connectivity index (χ0) is 21.2. The van der Waals surface area contributed by atoms with Gasteiger partial charge in [0.15, 0.2) is 17.0 Å². The Morgan fingerprint density at radius 3 is 2.62 bits per heavy atom. The van der Waals surface area contributed by atoms with Crippen molar-refractivity contribution in [3.05, 3.63) is 30.1 Å². The molecular weight excluding hydrogens is 372 g/mol. The van der Waals surface area contributed by atoms with Crippen LogP contribution in [0.25, 0.3) is 11.2 Å². The second kappa shape index (κ2) is 8.12. The van der Waals surface area contributed by atoms with E-state index in [0.717, 1.165) is 0 Å². The third kappa shape index (κ3) is 4.86. The van der Waals surface area contributed by atoms with Gasteiger partial charge in [-0.25, -0.2) is 4.98 Å². The third-order valence-electron chi connectivity index (χ3n) is 4.39. The molecule has 0 bridgehead atoms. The Hall–Kier alpha value is -3.07. The number of methoxy groups -OCH3 is 1. The minimum Gasteiger partial charge on any atom is -0.508 e. The van der Waals surface area contributed by atoms with Crippen molar-refractivity contribution in [1.29, 1.82) is 0 Å². The maximum absolute atomic E-state index is 10.1. The number of aliphatic hydroxyl groups is 1. The third-order valence-corrected chi connectivity index (χ3v) is 4.39. The molecule has 0 saturated heterocycles. The number of fused-ring (bicyclic) bond motifs is 1. The first-order chi connectivity index (χ1) is 13.7. The number of aromatic hydroxyl groups is 1. The lowest BCUT2D eigenvalue weighted by atomic mass is 10.1. The Morgan fingerprint density at radius 2 is 1.97 bits per heavy atom. The standard InChI is InChI=1S/C20H28N6O3/c1-12(2)26-11-23-16-17(21-9-13-8-14(29-5)6-7-15(13)27)24-19(25-18(16)26)22-10-20(3,4)28/h6-8,11-12,27-28H,9-10H2,1-5H3,(H2,21,22,24,25). The van der Waals surface area contributed by atoms with Crippen LogP contribution in [0.4, 0.5) is 11.8 Å². The monoisotopic (exact) mass is 400 g/mol. The number of hydrogen-bond acceptors (Lipinski definition) is 8. The van der Waals surface area contributed by atoms with E-state index in [1.807, 2.05) is 4.57 Å². The van der Waals surface area contributed by atoms with Gasteiger partial charge < -0.3 is 30.2 Å². The van der Waals surface area contributed by atoms with Crippen LogP contribution < -0.4 is 15.4 Å². The Morgan fingerprint density at radius 1 is 1.21 bits per heavy atom. The Bertz CT molecular complexity index is 994. The van der Waals surface area contributed by atoms with E-state index in [4.69, 9.17) is 4.74 Å². The predicted molar refractivity (Wildman–Crippen MR) is 112 cm³/mol. The summed E-state index contributed by atoms with van der Waals surface area (Å²) < 4.78 is 7.19. The van der Waals surface area contributed by atoms with Gasteiger partial charge in [-0.3, -0.25) is 0 Å². The van der Waals surface area contributed by atoms with E-state index in [1.165, 1.54) is 0 Å². The fourth-order valence-corrected chi connectivity index (χ4v) is 2.80. The molecule has 0 aliphatic rings. The molecule has 0 spiro atoms. The summed E-state index contributed by atoms with van der Waals surface area (Å²) in [6, 6.07) is 5.23. The molecule has 2 heterocycles. The van der Waals surface area contributed by atoms with Crippen LogP contribution in [0.2, 0.25) is 0 Å². The van der Waals surface area contributed by atoms with Crippen molar-refractivity contribution in [1.82, 2.24) is 19.5 Å². The van der Waals surface area contributed by atoms with Crippen LogP contribution in [-0.4, -0.2) is 49.0 Å². The molecular formula is C20H28N6O3. The minimum atomic E-state index is -0.906. The highest BCUT2D eigenvalue weighted by molar-refractivity contribution is 5.84. The largest absolute Gasteiger partial charge is 0.508 e. The van der Waals surface area contributed by atoms with Crippen molar-refractivity contribution >= 4 is 22.9 Å². The molecule has 156 valence electrons. The molecule has 0 fully saturated rings. The number of phenols is 1. The number of aromatic nitrogens is 4. The van der Waals surface area contributed by atoms with Gasteiger partial charge in [-0.15, -0.1) is 0 Å². The summed E-state index contributed by atoms with van der Waals surface area (Å²) in [5.41, 5.74) is 1.09. The first-order valence-electron chi connectivity index (χ1n) is 9.48. The number of nitrogens with zero attached hydrogens (tertiary/aromatic N) is 4. The summed E-state index contributed by atoms with van der Waals surface area (Å²) in [6.45, 7) is 8.14. The first kappa shape index (κ1) is 20.7. The van der Waals surface area contributed by atoms with Crippen molar-refractivity contribution in [3.8, 4) is 11.5 Å². The van der Waals surface area contributed by atoms with Crippen LogP contribution in [0, 0.1) is 0 Å². The number of hydrogen-bond donors (Lipinski definition) is 4. The Kier molecular flexibility index (Phi) is 5.78. The van der Waals surface area contributed by atoms with E-state index in [2.05, 4.69) is 39.4 Å². The summed E-state index contributed by atoms with van der Waals surface area (Å²) in [5, 5.41) is 26.5. The normalized spacial score (nSPS) is 11.8. The number of anilines is 2. The van der Waals surface area contributed by atoms with Crippen LogP contribution in [0.5, 0.6) is 11.5 Å². The molecule has 29 heavy (non-hydrogen) atoms. The molecule has 3 rings (SSSR count). The molecule has 9 heteroatoms. The fourth-order valence-electron chi connectivity index (χ4n) is 2.80. The molecule has 0 amide bonds. The smallest absolute Gasteiger partial charge is 0.226 e. The van der Waals surface area contributed by atoms with Gasteiger partial charge in [0, 0.05) is 24.7 Å². The van der Waals surface area contributed by atoms with E-state index in [0.29, 0.717) is 47.3 Å². The summed E-state index contributed by atoms with van der Waals surface area (Å²) in [6.07, 6.45) is 1.73. The van der Waals surface area contributed by atoms with Crippen LogP contribution in [0.3, 0.4) is 0 Å². The number of nitrogens with one attached hydrogen (secondary N) is 2. The maximum Gasteiger partial charge on any atom is 0.226 e. The van der Waals surface area contributed by atoms with Gasteiger partial charge in [0.05, 0.1) is 19.0 Å². The quantitative estimate of drug-likeness (QED) is 0.456. The second-order valence-electron chi connectivity index (χ2n) is 7.83. The maximum atomic E-state index is 10.1. The van der Waals surface area contributed by atoms with Crippen molar-refractivity contribution in [2.45, 2.75) is 45.9 Å². The summed E-state index contributed by atoms with van der Waals surface area (Å²) >= 11 is 0. The van der Waals surface area contributed by atoms with E-state index in [1.54, 1.807) is 45.5 Å². The molecule has 0 radical (unpaired) electrons. The second-order valence-corrected chi connectivity index (χ2v) is 7.83. The molecule has 0 unspecified atom stereocenters. The molecule has 4 N–H and O–H groups in total. The number of rotatable bonds is 8. The summed E-state index contributed by atoms with van der Waals surface area (Å²) in [5.74, 6) is 1.75. The molecule has 0 atom stereocenters. The van der Waals surface area contributed by atoms with E-state index in [-0.39, 0.29) is 11.8 Å². The highest BCUT2D eigenvalue weighted by atomic mass is 16.5. The van der Waals surface area contributed by atoms with Crippen LogP contribution >= 0.6 is 0 Å². The van der Waals surface area contributed by atoms with Gasteiger partial charge in [-0.2, -0.15) is 9.97 Å². The lowest BCUT2D eigenvalue weighted by Crippen LogP contribution is -2.30. The van der Waals surface area contributed by atoms with E-state index < -0.39 is 5.60 Å². The number of phenolic OH excluding ortho intramolecular Hbond substituents is 1. The van der Waals surface area contributed by atoms with Crippen molar-refractivity contribution < 1.29 is 14.9 Å². The van der Waals surface area contributed by atoms with Crippen molar-refractivity contribution in [3.63, 3.8) is 0 Å². The average Bonchev–Trinajstić information content (AvgIpc) is 3.09. The van der Waals surface area contributed by atoms with Crippen LogP contribution in [0.15, 0.2) is 24.5 Å². The van der Waals surface area contributed by atoms with Crippen LogP contribution in [0.1, 0.15) is 39.3 Å².